The van der Waals surface area contributed by atoms with E-state index in [9.17, 15) is 4.79 Å². The molecule has 1 aliphatic carbocycles. The lowest BCUT2D eigenvalue weighted by atomic mass is 9.69. The Balaban J connectivity index is 1.92. The van der Waals surface area contributed by atoms with E-state index in [1.54, 1.807) is 18.2 Å². The zero-order chi connectivity index (χ0) is 15.5. The van der Waals surface area contributed by atoms with Crippen LogP contribution < -0.4 is 5.32 Å². The maximum absolute atomic E-state index is 11.0. The van der Waals surface area contributed by atoms with E-state index in [0.717, 1.165) is 11.6 Å². The van der Waals surface area contributed by atoms with Crippen LogP contribution in [0.4, 0.5) is 5.69 Å². The van der Waals surface area contributed by atoms with Crippen LogP contribution in [0, 0.1) is 11.3 Å². The zero-order valence-electron chi connectivity index (χ0n) is 13.4. The van der Waals surface area contributed by atoms with Crippen LogP contribution in [0.1, 0.15) is 63.2 Å². The molecule has 0 radical (unpaired) electrons. The minimum absolute atomic E-state index is 0.348. The maximum atomic E-state index is 11.0. The topological polar surface area (TPSA) is 49.3 Å². The van der Waals surface area contributed by atoms with Gasteiger partial charge in [0, 0.05) is 11.7 Å². The highest BCUT2D eigenvalue weighted by molar-refractivity contribution is 5.88. The van der Waals surface area contributed by atoms with E-state index in [0.29, 0.717) is 17.0 Å². The molecule has 0 amide bonds. The highest BCUT2D eigenvalue weighted by atomic mass is 16.4. The Morgan fingerprint density at radius 3 is 2.52 bits per heavy atom. The zero-order valence-corrected chi connectivity index (χ0v) is 13.4. The second-order valence-electron chi connectivity index (χ2n) is 6.92. The molecule has 2 N–H and O–H groups in total. The lowest BCUT2D eigenvalue weighted by molar-refractivity contribution is 0.0697. The van der Waals surface area contributed by atoms with Crippen LogP contribution in [0.2, 0.25) is 0 Å². The molecule has 1 aromatic rings. The minimum Gasteiger partial charge on any atom is -0.478 e. The Kier molecular flexibility index (Phi) is 4.92. The molecule has 21 heavy (non-hydrogen) atoms. The molecular formula is C18H27NO2. The van der Waals surface area contributed by atoms with E-state index in [4.69, 9.17) is 5.11 Å². The lowest BCUT2D eigenvalue weighted by Gasteiger charge is -2.39. The summed E-state index contributed by atoms with van der Waals surface area (Å²) in [7, 11) is 0. The Labute approximate surface area is 127 Å². The first-order valence-electron chi connectivity index (χ1n) is 8.02. The number of aromatic carboxylic acids is 1. The monoisotopic (exact) mass is 289 g/mol. The predicted molar refractivity (Wildman–Crippen MR) is 86.8 cm³/mol. The fourth-order valence-electron chi connectivity index (χ4n) is 3.29. The molecule has 0 unspecified atom stereocenters. The summed E-state index contributed by atoms with van der Waals surface area (Å²) < 4.78 is 0. The third-order valence-corrected chi connectivity index (χ3v) is 5.22. The van der Waals surface area contributed by atoms with Gasteiger partial charge in [-0.05, 0) is 55.2 Å². The Hall–Kier alpha value is -1.51. The molecule has 0 aromatic heterocycles. The molecule has 0 atom stereocenters. The molecular weight excluding hydrogens is 262 g/mol. The van der Waals surface area contributed by atoms with Crippen molar-refractivity contribution in [1.82, 2.24) is 0 Å². The van der Waals surface area contributed by atoms with Crippen LogP contribution in [-0.2, 0) is 0 Å². The molecule has 116 valence electrons. The Morgan fingerprint density at radius 1 is 1.29 bits per heavy atom. The van der Waals surface area contributed by atoms with Crippen LogP contribution >= 0.6 is 0 Å². The molecule has 1 aromatic carbocycles. The number of rotatable bonds is 5. The molecule has 0 saturated heterocycles. The number of hydrogen-bond donors (Lipinski definition) is 2. The number of anilines is 1. The van der Waals surface area contributed by atoms with Crippen LogP contribution in [0.15, 0.2) is 24.3 Å². The smallest absolute Gasteiger partial charge is 0.335 e. The van der Waals surface area contributed by atoms with E-state index in [1.807, 2.05) is 6.07 Å². The van der Waals surface area contributed by atoms with Gasteiger partial charge in [0.1, 0.15) is 0 Å². The molecule has 0 spiro atoms. The van der Waals surface area contributed by atoms with Gasteiger partial charge in [-0.1, -0.05) is 33.3 Å². The summed E-state index contributed by atoms with van der Waals surface area (Å²) in [5.41, 5.74) is 1.71. The minimum atomic E-state index is -0.868. The van der Waals surface area contributed by atoms with Gasteiger partial charge in [0.05, 0.1) is 5.56 Å². The normalized spacial score (nSPS) is 22.8. The first-order chi connectivity index (χ1) is 9.92. The Bertz CT molecular complexity index is 488. The van der Waals surface area contributed by atoms with Crippen molar-refractivity contribution in [2.45, 2.75) is 58.9 Å². The largest absolute Gasteiger partial charge is 0.478 e. The molecule has 0 heterocycles. The molecule has 3 nitrogen and oxygen atoms in total. The fraction of sp³-hybridized carbons (Fsp3) is 0.611. The second-order valence-corrected chi connectivity index (χ2v) is 6.92. The summed E-state index contributed by atoms with van der Waals surface area (Å²) in [4.78, 5) is 11.0. The number of nitrogens with one attached hydrogen (secondary N) is 1. The summed E-state index contributed by atoms with van der Waals surface area (Å²) >= 11 is 0. The lowest BCUT2D eigenvalue weighted by Crippen LogP contribution is -2.32. The quantitative estimate of drug-likeness (QED) is 0.819. The van der Waals surface area contributed by atoms with Gasteiger partial charge >= 0.3 is 5.97 Å². The van der Waals surface area contributed by atoms with Gasteiger partial charge in [0.2, 0.25) is 0 Å². The van der Waals surface area contributed by atoms with Crippen molar-refractivity contribution in [3.8, 4) is 0 Å². The van der Waals surface area contributed by atoms with Gasteiger partial charge in [-0.2, -0.15) is 0 Å². The van der Waals surface area contributed by atoms with Crippen molar-refractivity contribution >= 4 is 11.7 Å². The van der Waals surface area contributed by atoms with Gasteiger partial charge in [-0.25, -0.2) is 4.79 Å². The summed E-state index contributed by atoms with van der Waals surface area (Å²) in [6.45, 7) is 7.03. The van der Waals surface area contributed by atoms with Crippen molar-refractivity contribution in [3.63, 3.8) is 0 Å². The van der Waals surface area contributed by atoms with Gasteiger partial charge in [-0.3, -0.25) is 0 Å². The van der Waals surface area contributed by atoms with Crippen LogP contribution in [0.5, 0.6) is 0 Å². The van der Waals surface area contributed by atoms with E-state index >= 15 is 0 Å². The first kappa shape index (κ1) is 15.9. The SMILES string of the molecule is CCC(C)(C)C1CCC(Nc2cccc(C(=O)O)c2)CC1. The van der Waals surface area contributed by atoms with Gasteiger partial charge in [0.25, 0.3) is 0 Å². The van der Waals surface area contributed by atoms with Gasteiger partial charge < -0.3 is 10.4 Å². The number of carboxylic acid groups (broad SMARTS) is 1. The molecule has 1 aliphatic rings. The Morgan fingerprint density at radius 2 is 1.95 bits per heavy atom. The number of carbonyl (C=O) groups is 1. The molecule has 2 rings (SSSR count). The van der Waals surface area contributed by atoms with Crippen molar-refractivity contribution in [2.24, 2.45) is 11.3 Å². The average Bonchev–Trinajstić information content (AvgIpc) is 2.48. The number of carboxylic acids is 1. The van der Waals surface area contributed by atoms with Crippen LogP contribution in [0.25, 0.3) is 0 Å². The molecule has 0 bridgehead atoms. The van der Waals surface area contributed by atoms with Crippen molar-refractivity contribution in [2.75, 3.05) is 5.32 Å². The molecule has 0 aliphatic heterocycles. The highest BCUT2D eigenvalue weighted by Crippen LogP contribution is 2.40. The maximum Gasteiger partial charge on any atom is 0.335 e. The van der Waals surface area contributed by atoms with E-state index in [-0.39, 0.29) is 0 Å². The summed E-state index contributed by atoms with van der Waals surface area (Å²) in [5.74, 6) is -0.0574. The predicted octanol–water partition coefficient (Wildman–Crippen LogP) is 4.79. The third kappa shape index (κ3) is 3.99. The first-order valence-corrected chi connectivity index (χ1v) is 8.02. The summed E-state index contributed by atoms with van der Waals surface area (Å²) in [5, 5.41) is 12.5. The van der Waals surface area contributed by atoms with Crippen molar-refractivity contribution in [3.05, 3.63) is 29.8 Å². The summed E-state index contributed by atoms with van der Waals surface area (Å²) in [6, 6.07) is 7.59. The van der Waals surface area contributed by atoms with Crippen molar-refractivity contribution in [1.29, 1.82) is 0 Å². The highest BCUT2D eigenvalue weighted by Gasteiger charge is 2.31. The molecule has 3 heteroatoms. The average molecular weight is 289 g/mol. The molecule has 1 saturated carbocycles. The van der Waals surface area contributed by atoms with Crippen LogP contribution in [0.3, 0.4) is 0 Å². The van der Waals surface area contributed by atoms with E-state index in [1.165, 1.54) is 32.1 Å². The number of benzene rings is 1. The van der Waals surface area contributed by atoms with E-state index < -0.39 is 5.97 Å². The second kappa shape index (κ2) is 6.50. The fourth-order valence-corrected chi connectivity index (χ4v) is 3.29. The van der Waals surface area contributed by atoms with Crippen LogP contribution in [-0.4, -0.2) is 17.1 Å². The van der Waals surface area contributed by atoms with Crippen molar-refractivity contribution < 1.29 is 9.90 Å². The van der Waals surface area contributed by atoms with E-state index in [2.05, 4.69) is 26.1 Å². The summed E-state index contributed by atoms with van der Waals surface area (Å²) in [6.07, 6.45) is 6.10. The number of hydrogen-bond acceptors (Lipinski definition) is 2. The van der Waals surface area contributed by atoms with Gasteiger partial charge in [-0.15, -0.1) is 0 Å². The molecule has 1 fully saturated rings. The standard InChI is InChI=1S/C18H27NO2/c1-4-18(2,3)14-8-10-15(11-9-14)19-16-7-5-6-13(12-16)17(20)21/h5-7,12,14-15,19H,4,8-11H2,1-3H3,(H,20,21). The van der Waals surface area contributed by atoms with Gasteiger partial charge in [0.15, 0.2) is 0 Å². The third-order valence-electron chi connectivity index (χ3n) is 5.22.